The van der Waals surface area contributed by atoms with Crippen LogP contribution in [-0.4, -0.2) is 139 Å². The smallest absolute Gasteiger partial charge is 0.410 e. The number of hydrogen-bond donors (Lipinski definition) is 1. The lowest BCUT2D eigenvalue weighted by Gasteiger charge is -2.45. The molecule has 2 bridgehead atoms. The molecule has 12 nitrogen and oxygen atoms in total. The van der Waals surface area contributed by atoms with Gasteiger partial charge in [-0.15, -0.1) is 0 Å². The maximum absolute atomic E-state index is 14.3. The molecule has 4 fully saturated rings. The van der Waals surface area contributed by atoms with Gasteiger partial charge in [-0.2, -0.15) is 0 Å². The molecule has 3 atom stereocenters. The molecule has 6 heterocycles. The van der Waals surface area contributed by atoms with E-state index in [4.69, 9.17) is 14.2 Å². The molecule has 4 amide bonds. The van der Waals surface area contributed by atoms with E-state index in [0.29, 0.717) is 82.7 Å². The van der Waals surface area contributed by atoms with Crippen molar-refractivity contribution in [2.75, 3.05) is 71.4 Å². The van der Waals surface area contributed by atoms with E-state index in [1.807, 2.05) is 47.1 Å². The third-order valence-electron chi connectivity index (χ3n) is 12.3. The zero-order valence-electron chi connectivity index (χ0n) is 30.1. The summed E-state index contributed by atoms with van der Waals surface area (Å²) < 4.78 is 17.9. The number of nitrogens with zero attached hydrogens (tertiary/aromatic N) is 5. The number of piperidine rings is 2. The van der Waals surface area contributed by atoms with Gasteiger partial charge in [0.05, 0.1) is 0 Å². The molecule has 8 rings (SSSR count). The fourth-order valence-corrected chi connectivity index (χ4v) is 9.40. The molecule has 3 unspecified atom stereocenters. The van der Waals surface area contributed by atoms with Gasteiger partial charge < -0.3 is 39.1 Å². The van der Waals surface area contributed by atoms with Crippen LogP contribution in [0.4, 0.5) is 15.3 Å². The number of urea groups is 1. The summed E-state index contributed by atoms with van der Waals surface area (Å²) in [7, 11) is 2.27. The second-order valence-electron chi connectivity index (χ2n) is 15.3. The van der Waals surface area contributed by atoms with Crippen molar-refractivity contribution >= 4 is 23.7 Å². The SMILES string of the molecule is Cc1cc(CC(OC(=O)N2CCC(N3CCc4ccccc4NC3=O)CC2)C(=O)N2CCN(C3CC4CCC(C3)N4C)CC2)cc2c1OCCO2. The van der Waals surface area contributed by atoms with Crippen molar-refractivity contribution in [1.82, 2.24) is 24.5 Å². The molecule has 12 heteroatoms. The highest BCUT2D eigenvalue weighted by atomic mass is 16.6. The number of carbonyl (C=O) groups excluding carboxylic acids is 3. The lowest BCUT2D eigenvalue weighted by Crippen LogP contribution is -2.57. The highest BCUT2D eigenvalue weighted by Crippen LogP contribution is 2.37. The molecule has 0 aliphatic carbocycles. The largest absolute Gasteiger partial charge is 0.486 e. The van der Waals surface area contributed by atoms with Gasteiger partial charge in [-0.1, -0.05) is 24.3 Å². The molecule has 274 valence electrons. The van der Waals surface area contributed by atoms with Crippen LogP contribution < -0.4 is 14.8 Å². The van der Waals surface area contributed by atoms with E-state index < -0.39 is 12.2 Å². The Morgan fingerprint density at radius 1 is 0.863 bits per heavy atom. The molecule has 0 aromatic heterocycles. The van der Waals surface area contributed by atoms with Crippen molar-refractivity contribution in [2.45, 2.75) is 88.6 Å². The van der Waals surface area contributed by atoms with Crippen LogP contribution in [0.15, 0.2) is 36.4 Å². The average molecular weight is 701 g/mol. The fourth-order valence-electron chi connectivity index (χ4n) is 9.40. The highest BCUT2D eigenvalue weighted by Gasteiger charge is 2.42. The number of anilines is 1. The first kappa shape index (κ1) is 34.1. The standard InChI is InChI=1S/C39H52N6O6/c1-26-21-27(22-34-36(26)50-20-19-49-34)23-35(37(46)43-17-15-42(16-18-43)32-24-30-7-8-31(25-32)41(30)2)51-39(48)44-12-10-29(11-13-44)45-14-9-28-5-3-4-6-33(28)40-38(45)47/h3-6,21-22,29-32,35H,7-20,23-25H2,1-2H3,(H,40,47). The average Bonchev–Trinajstić information content (AvgIpc) is 3.29. The molecule has 0 spiro atoms. The van der Waals surface area contributed by atoms with Crippen LogP contribution in [0.1, 0.15) is 55.2 Å². The van der Waals surface area contributed by atoms with Gasteiger partial charge in [0.2, 0.25) is 0 Å². The Bertz CT molecular complexity index is 1610. The Balaban J connectivity index is 0.917. The topological polar surface area (TPSA) is 107 Å². The third-order valence-corrected chi connectivity index (χ3v) is 12.3. The van der Waals surface area contributed by atoms with Crippen LogP contribution >= 0.6 is 0 Å². The predicted molar refractivity (Wildman–Crippen MR) is 192 cm³/mol. The summed E-state index contributed by atoms with van der Waals surface area (Å²) >= 11 is 0. The molecule has 4 saturated heterocycles. The number of carbonyl (C=O) groups is 3. The highest BCUT2D eigenvalue weighted by molar-refractivity contribution is 5.91. The number of piperazine rings is 1. The normalized spacial score (nSPS) is 26.3. The Labute approximate surface area is 300 Å². The number of amides is 4. The minimum absolute atomic E-state index is 0.0255. The predicted octanol–water partition coefficient (Wildman–Crippen LogP) is 4.14. The van der Waals surface area contributed by atoms with E-state index in [1.165, 1.54) is 25.7 Å². The third kappa shape index (κ3) is 7.09. The van der Waals surface area contributed by atoms with Crippen molar-refractivity contribution < 1.29 is 28.6 Å². The number of hydrogen-bond acceptors (Lipinski definition) is 8. The second-order valence-corrected chi connectivity index (χ2v) is 15.3. The van der Waals surface area contributed by atoms with E-state index in [-0.39, 0.29) is 24.4 Å². The fraction of sp³-hybridized carbons (Fsp3) is 0.615. The van der Waals surface area contributed by atoms with E-state index in [1.54, 1.807) is 4.90 Å². The van der Waals surface area contributed by atoms with Gasteiger partial charge in [0.1, 0.15) is 13.2 Å². The number of ether oxygens (including phenoxy) is 3. The van der Waals surface area contributed by atoms with Crippen molar-refractivity contribution in [3.8, 4) is 11.5 Å². The lowest BCUT2D eigenvalue weighted by molar-refractivity contribution is -0.143. The second kappa shape index (κ2) is 14.5. The van der Waals surface area contributed by atoms with Crippen molar-refractivity contribution in [3.63, 3.8) is 0 Å². The van der Waals surface area contributed by atoms with Gasteiger partial charge in [-0.25, -0.2) is 9.59 Å². The molecule has 6 aliphatic rings. The van der Waals surface area contributed by atoms with Crippen LogP contribution in [0, 0.1) is 6.92 Å². The van der Waals surface area contributed by atoms with Crippen LogP contribution in [0.5, 0.6) is 11.5 Å². The van der Waals surface area contributed by atoms with E-state index in [0.717, 1.165) is 47.6 Å². The summed E-state index contributed by atoms with van der Waals surface area (Å²) in [5.74, 6) is 1.25. The molecule has 0 saturated carbocycles. The van der Waals surface area contributed by atoms with Crippen molar-refractivity contribution in [2.24, 2.45) is 0 Å². The van der Waals surface area contributed by atoms with Gasteiger partial charge in [-0.05, 0) is 87.7 Å². The molecule has 6 aliphatic heterocycles. The molecule has 1 N–H and O–H groups in total. The molecular weight excluding hydrogens is 648 g/mol. The maximum Gasteiger partial charge on any atom is 0.410 e. The first-order valence-electron chi connectivity index (χ1n) is 19.1. The summed E-state index contributed by atoms with van der Waals surface area (Å²) in [6.45, 7) is 7.43. The van der Waals surface area contributed by atoms with Gasteiger partial charge in [0.15, 0.2) is 17.6 Å². The molecule has 2 aromatic carbocycles. The van der Waals surface area contributed by atoms with Crippen LogP contribution in [0.2, 0.25) is 0 Å². The molecule has 51 heavy (non-hydrogen) atoms. The number of para-hydroxylation sites is 1. The first-order valence-corrected chi connectivity index (χ1v) is 19.1. The number of likely N-dealkylation sites (tertiary alicyclic amines) is 1. The monoisotopic (exact) mass is 700 g/mol. The summed E-state index contributed by atoms with van der Waals surface area (Å²) in [6, 6.07) is 13.7. The summed E-state index contributed by atoms with van der Waals surface area (Å²) in [5, 5.41) is 3.07. The summed E-state index contributed by atoms with van der Waals surface area (Å²) in [5.41, 5.74) is 3.80. The van der Waals surface area contributed by atoms with Gasteiger partial charge in [0.25, 0.3) is 5.91 Å². The van der Waals surface area contributed by atoms with Gasteiger partial charge >= 0.3 is 12.1 Å². The van der Waals surface area contributed by atoms with Gasteiger partial charge in [-0.3, -0.25) is 9.69 Å². The van der Waals surface area contributed by atoms with Gasteiger partial charge in [0, 0.05) is 82.1 Å². The van der Waals surface area contributed by atoms with Crippen molar-refractivity contribution in [3.05, 3.63) is 53.1 Å². The minimum atomic E-state index is -0.960. The number of rotatable bonds is 6. The maximum atomic E-state index is 14.3. The first-order chi connectivity index (χ1) is 24.8. The lowest BCUT2D eigenvalue weighted by atomic mass is 9.96. The number of benzene rings is 2. The van der Waals surface area contributed by atoms with Crippen molar-refractivity contribution in [1.29, 1.82) is 0 Å². The quantitative estimate of drug-likeness (QED) is 0.480. The molecule has 2 aromatic rings. The summed E-state index contributed by atoms with van der Waals surface area (Å²) in [4.78, 5) is 51.8. The number of nitrogens with one attached hydrogen (secondary N) is 1. The zero-order chi connectivity index (χ0) is 35.1. The summed E-state index contributed by atoms with van der Waals surface area (Å²) in [6.07, 6.45) is 5.91. The van der Waals surface area contributed by atoms with Crippen LogP contribution in [0.25, 0.3) is 0 Å². The van der Waals surface area contributed by atoms with E-state index in [9.17, 15) is 14.4 Å². The number of aryl methyl sites for hydroxylation is 1. The van der Waals surface area contributed by atoms with E-state index >= 15 is 0 Å². The Morgan fingerprint density at radius 3 is 2.35 bits per heavy atom. The molecule has 0 radical (unpaired) electrons. The van der Waals surface area contributed by atoms with Crippen LogP contribution in [0.3, 0.4) is 0 Å². The number of fused-ring (bicyclic) bond motifs is 4. The molecular formula is C39H52N6O6. The Kier molecular flexibility index (Phi) is 9.71. The van der Waals surface area contributed by atoms with E-state index in [2.05, 4.69) is 28.2 Å². The minimum Gasteiger partial charge on any atom is -0.486 e. The Morgan fingerprint density at radius 2 is 1.59 bits per heavy atom. The van der Waals surface area contributed by atoms with Crippen LogP contribution in [-0.2, 0) is 22.4 Å². The Hall–Kier alpha value is -4.03. The zero-order valence-corrected chi connectivity index (χ0v) is 30.1.